The van der Waals surface area contributed by atoms with Crippen molar-refractivity contribution in [3.63, 3.8) is 0 Å². The Morgan fingerprint density at radius 2 is 1.04 bits per heavy atom. The van der Waals surface area contributed by atoms with Gasteiger partial charge in [0.15, 0.2) is 5.96 Å². The lowest BCUT2D eigenvalue weighted by Crippen LogP contribution is -2.57. The number of halogens is 9. The van der Waals surface area contributed by atoms with E-state index in [1.807, 2.05) is 0 Å². The van der Waals surface area contributed by atoms with Gasteiger partial charge in [-0.2, -0.15) is 57.4 Å². The summed E-state index contributed by atoms with van der Waals surface area (Å²) < 4.78 is 127. The van der Waals surface area contributed by atoms with Gasteiger partial charge in [0, 0.05) is 89.0 Å². The van der Waals surface area contributed by atoms with Crippen LogP contribution in [0.1, 0.15) is 68.9 Å². The van der Waals surface area contributed by atoms with Crippen molar-refractivity contribution in [3.8, 4) is 0 Å². The number of aliphatic imine (C=N–C) groups is 1. The van der Waals surface area contributed by atoms with Crippen LogP contribution in [0.4, 0.5) is 50.9 Å². The Hall–Kier alpha value is -6.84. The molecule has 1 saturated carbocycles. The molecule has 5 aliphatic heterocycles. The van der Waals surface area contributed by atoms with Crippen molar-refractivity contribution in [3.05, 3.63) is 59.7 Å². The molecule has 1 aliphatic carbocycles. The molecule has 23 nitrogen and oxygen atoms in total. The molecule has 0 radical (unpaired) electrons. The molecule has 33 heteroatoms. The summed E-state index contributed by atoms with van der Waals surface area (Å²) in [7, 11) is -4.13. The van der Waals surface area contributed by atoms with Crippen LogP contribution in [0.25, 0.3) is 0 Å². The number of fused-ring (bicyclic) bond motifs is 3. The summed E-state index contributed by atoms with van der Waals surface area (Å²) in [6, 6.07) is 11.4. The molecular weight excluding hydrogens is 1090 g/mol. The molecule has 4 amide bonds. The van der Waals surface area contributed by atoms with Crippen molar-refractivity contribution in [1.29, 1.82) is 0 Å². The number of anilines is 2. The third-order valence-electron chi connectivity index (χ3n) is 11.2. The van der Waals surface area contributed by atoms with Crippen molar-refractivity contribution >= 4 is 69.1 Å². The zero-order chi connectivity index (χ0) is 58.9. The van der Waals surface area contributed by atoms with E-state index in [-0.39, 0.29) is 36.7 Å². The minimum Gasteiger partial charge on any atom is -0.475 e. The predicted molar refractivity (Wildman–Crippen MR) is 261 cm³/mol. The molecule has 2 fully saturated rings. The maximum Gasteiger partial charge on any atom is 0.490 e. The zero-order valence-electron chi connectivity index (χ0n) is 41.6. The van der Waals surface area contributed by atoms with Gasteiger partial charge < -0.3 is 57.9 Å². The third kappa shape index (κ3) is 28.5. The van der Waals surface area contributed by atoms with Crippen LogP contribution in [0, 0.1) is 0 Å². The minimum absolute atomic E-state index is 0.0109. The van der Waals surface area contributed by atoms with E-state index in [9.17, 15) is 67.1 Å². The molecule has 6 bridgehead atoms. The maximum atomic E-state index is 14.1. The van der Waals surface area contributed by atoms with Crippen molar-refractivity contribution in [1.82, 2.24) is 29.9 Å². The average Bonchev–Trinajstić information content (AvgIpc) is 3.34. The van der Waals surface area contributed by atoms with Gasteiger partial charge in [0.1, 0.15) is 12.1 Å². The van der Waals surface area contributed by atoms with E-state index in [1.54, 1.807) is 48.5 Å². The van der Waals surface area contributed by atoms with Crippen LogP contribution in [0.3, 0.4) is 0 Å². The summed E-state index contributed by atoms with van der Waals surface area (Å²) in [6.07, 6.45) is -9.05. The van der Waals surface area contributed by atoms with Crippen molar-refractivity contribution in [2.24, 2.45) is 16.5 Å². The second-order valence-corrected chi connectivity index (χ2v) is 19.0. The number of hydrogen-bond acceptors (Lipinski definition) is 12. The fourth-order valence-electron chi connectivity index (χ4n) is 7.23. The van der Waals surface area contributed by atoms with Crippen LogP contribution in [0.2, 0.25) is 0 Å². The Morgan fingerprint density at radius 1 is 0.628 bits per heavy atom. The summed E-state index contributed by atoms with van der Waals surface area (Å²) in [5.74, 6) is -9.66. The maximum absolute atomic E-state index is 14.1. The molecule has 438 valence electrons. The number of nitrogens with zero attached hydrogens (tertiary/aromatic N) is 3. The molecular formula is C45H62F9N11O12S. The summed E-state index contributed by atoms with van der Waals surface area (Å²) in [6.45, 7) is 5.16. The van der Waals surface area contributed by atoms with Crippen molar-refractivity contribution in [2.75, 3.05) is 63.0 Å². The molecule has 2 atom stereocenters. The van der Waals surface area contributed by atoms with Crippen LogP contribution in [-0.4, -0.2) is 170 Å². The molecule has 6 aliphatic rings. The van der Waals surface area contributed by atoms with E-state index in [1.165, 1.54) is 0 Å². The summed E-state index contributed by atoms with van der Waals surface area (Å²) in [5.41, 5.74) is 13.4. The third-order valence-corrected chi connectivity index (χ3v) is 12.4. The summed E-state index contributed by atoms with van der Waals surface area (Å²) in [4.78, 5) is 88.6. The Balaban J connectivity index is 0.000000832. The number of amides is 4. The molecule has 2 aromatic carbocycles. The Labute approximate surface area is 441 Å². The van der Waals surface area contributed by atoms with Crippen molar-refractivity contribution in [2.45, 2.75) is 107 Å². The topological polar surface area (TPSA) is 357 Å². The Bertz CT molecular complexity index is 2360. The first-order valence-corrected chi connectivity index (χ1v) is 25.3. The number of carboxylic acid groups (broad SMARTS) is 3. The van der Waals surface area contributed by atoms with Gasteiger partial charge in [0.2, 0.25) is 23.6 Å². The second kappa shape index (κ2) is 32.2. The Kier molecular flexibility index (Phi) is 27.7. The second-order valence-electron chi connectivity index (χ2n) is 17.5. The predicted octanol–water partition coefficient (Wildman–Crippen LogP) is 2.44. The molecule has 78 heavy (non-hydrogen) atoms. The van der Waals surface area contributed by atoms with Crippen LogP contribution < -0.4 is 42.2 Å². The van der Waals surface area contributed by atoms with E-state index in [0.29, 0.717) is 87.2 Å². The van der Waals surface area contributed by atoms with Gasteiger partial charge in [-0.25, -0.2) is 14.4 Å². The van der Waals surface area contributed by atoms with Crippen LogP contribution >= 0.6 is 0 Å². The van der Waals surface area contributed by atoms with Crippen LogP contribution in [0.15, 0.2) is 53.5 Å². The summed E-state index contributed by atoms with van der Waals surface area (Å²) in [5, 5.41) is 33.0. The van der Waals surface area contributed by atoms with Gasteiger partial charge in [0.05, 0.1) is 0 Å². The number of rotatable bonds is 10. The number of nitrogens with one attached hydrogen (secondary N) is 6. The zero-order valence-corrected chi connectivity index (χ0v) is 42.4. The first-order valence-electron chi connectivity index (χ1n) is 23.8. The standard InChI is InChI=1S/C39H59N11O6S.3C2HF3O2/c40-39(41)43-19-5-4-18-42-37(53)33-26-28-8-12-30(13-9-28)44-35(51)16-20-49-22-24-50(25-23-49)21-17-36(52)45-31-14-10-29(11-15-31)27-34(38(54)46-33)48-57(55,56)47-32-6-2-1-3-7-32;3*3-2(4,5)1(6)7/h8-15,32-34,47-48H,1-7,16-27H2,(H,42,53)(H,44,51)(H,45,52)(H,46,54)(H4,40,41,43);3*(H,6,7)/t33-,34+;;;/m0.../s1. The number of piperazine rings is 1. The molecule has 0 spiro atoms. The number of guanidine groups is 1. The molecule has 5 heterocycles. The van der Waals surface area contributed by atoms with E-state index < -0.39 is 70.5 Å². The summed E-state index contributed by atoms with van der Waals surface area (Å²) >= 11 is 0. The van der Waals surface area contributed by atoms with Gasteiger partial charge in [-0.3, -0.25) is 24.2 Å². The molecule has 0 aromatic heterocycles. The van der Waals surface area contributed by atoms with Gasteiger partial charge in [0.25, 0.3) is 10.2 Å². The highest BCUT2D eigenvalue weighted by Crippen LogP contribution is 2.20. The monoisotopic (exact) mass is 1150 g/mol. The van der Waals surface area contributed by atoms with E-state index in [4.69, 9.17) is 41.2 Å². The van der Waals surface area contributed by atoms with Gasteiger partial charge >= 0.3 is 36.4 Å². The van der Waals surface area contributed by atoms with Gasteiger partial charge in [-0.05, 0) is 67.5 Å². The number of carbonyl (C=O) groups excluding carboxylic acids is 4. The lowest BCUT2D eigenvalue weighted by molar-refractivity contribution is -0.193. The number of unbranched alkanes of at least 4 members (excludes halogenated alkanes) is 1. The SMILES string of the molecule is NC(N)=NCCCCNC(=O)[C@@H]1Cc2ccc(cc2)NC(=O)CCN2CCN(CCC(=O)Nc3ccc(cc3)C[C@@H](NS(=O)(=O)NC3CCCCC3)C(=O)N1)CC2.O=C(O)C(F)(F)F.O=C(O)C(F)(F)F.O=C(O)C(F)(F)F. The molecule has 8 rings (SSSR count). The normalized spacial score (nSPS) is 20.0. The molecule has 13 N–H and O–H groups in total. The Morgan fingerprint density at radius 3 is 1.44 bits per heavy atom. The quantitative estimate of drug-likeness (QED) is 0.0704. The molecule has 1 saturated heterocycles. The highest BCUT2D eigenvalue weighted by Gasteiger charge is 2.40. The highest BCUT2D eigenvalue weighted by atomic mass is 32.2. The highest BCUT2D eigenvalue weighted by molar-refractivity contribution is 7.87. The largest absolute Gasteiger partial charge is 0.490 e. The number of nitrogens with two attached hydrogens (primary N) is 2. The molecule has 2 aromatic rings. The molecule has 0 unspecified atom stereocenters. The number of hydrogen-bond donors (Lipinski definition) is 11. The van der Waals surface area contributed by atoms with E-state index in [2.05, 4.69) is 45.5 Å². The smallest absolute Gasteiger partial charge is 0.475 e. The van der Waals surface area contributed by atoms with Crippen LogP contribution in [-0.2, 0) is 56.6 Å². The number of benzene rings is 2. The van der Waals surface area contributed by atoms with E-state index in [0.717, 1.165) is 45.4 Å². The number of carboxylic acids is 3. The fourth-order valence-corrected chi connectivity index (χ4v) is 8.54. The van der Waals surface area contributed by atoms with E-state index >= 15 is 0 Å². The van der Waals surface area contributed by atoms with Crippen LogP contribution in [0.5, 0.6) is 0 Å². The average molecular weight is 1150 g/mol. The number of alkyl halides is 9. The lowest BCUT2D eigenvalue weighted by Gasteiger charge is -2.34. The van der Waals surface area contributed by atoms with Gasteiger partial charge in [-0.15, -0.1) is 0 Å². The first-order chi connectivity index (χ1) is 36.2. The van der Waals surface area contributed by atoms with Crippen molar-refractivity contribution < 1.29 is 96.8 Å². The lowest BCUT2D eigenvalue weighted by atomic mass is 9.96. The fraction of sp³-hybridized carbons (Fsp3) is 0.556. The number of aliphatic carboxylic acids is 3. The van der Waals surface area contributed by atoms with Gasteiger partial charge in [-0.1, -0.05) is 43.5 Å². The number of carbonyl (C=O) groups is 7. The minimum atomic E-state index is -5.08. The first kappa shape index (κ1) is 67.3.